The zero-order valence-corrected chi connectivity index (χ0v) is 24.4. The largest absolute Gasteiger partial charge is 0.478 e. The van der Waals surface area contributed by atoms with Crippen LogP contribution in [-0.2, 0) is 18.9 Å². The Hall–Kier alpha value is -4.07. The van der Waals surface area contributed by atoms with E-state index in [0.717, 1.165) is 0 Å². The molecule has 1 aromatic heterocycles. The van der Waals surface area contributed by atoms with Crippen LogP contribution in [0.5, 0.6) is 0 Å². The Morgan fingerprint density at radius 2 is 1.33 bits per heavy atom. The van der Waals surface area contributed by atoms with Gasteiger partial charge in [-0.1, -0.05) is 12.1 Å². The quantitative estimate of drug-likeness (QED) is 0.0875. The fourth-order valence-corrected chi connectivity index (χ4v) is 3.43. The lowest BCUT2D eigenvalue weighted by atomic mass is 10.0. The van der Waals surface area contributed by atoms with Crippen LogP contribution in [0, 0.1) is 0 Å². The number of aromatic nitrogens is 1. The minimum atomic E-state index is -1.03. The number of hydrogen-bond acceptors (Lipinski definition) is 10. The van der Waals surface area contributed by atoms with Gasteiger partial charge in [-0.2, -0.15) is 5.10 Å². The highest BCUT2D eigenvalue weighted by Crippen LogP contribution is 2.12. The van der Waals surface area contributed by atoms with Crippen molar-refractivity contribution < 1.29 is 38.4 Å². The Bertz CT molecular complexity index is 1150. The summed E-state index contributed by atoms with van der Waals surface area (Å²) < 4.78 is 21.6. The molecule has 5 N–H and O–H groups in total. The van der Waals surface area contributed by atoms with Gasteiger partial charge in [-0.15, -0.1) is 0 Å². The zero-order valence-electron chi connectivity index (χ0n) is 24.4. The molecule has 0 spiro atoms. The third-order valence-corrected chi connectivity index (χ3v) is 5.43. The molecule has 0 fully saturated rings. The normalized spacial score (nSPS) is 11.6. The molecule has 1 aromatic carbocycles. The number of pyridine rings is 1. The van der Waals surface area contributed by atoms with Crippen molar-refractivity contribution in [1.29, 1.82) is 0 Å². The Morgan fingerprint density at radius 1 is 0.810 bits per heavy atom. The molecular weight excluding hydrogens is 546 g/mol. The summed E-state index contributed by atoms with van der Waals surface area (Å²) in [5.41, 5.74) is 1.44. The van der Waals surface area contributed by atoms with Crippen LogP contribution in [0.15, 0.2) is 47.7 Å². The topological polar surface area (TPSA) is 184 Å². The molecule has 0 aliphatic rings. The highest BCUT2D eigenvalue weighted by Gasteiger charge is 2.15. The molecule has 0 unspecified atom stereocenters. The number of nitrogens with zero attached hydrogens (tertiary/aromatic N) is 2. The van der Waals surface area contributed by atoms with Crippen molar-refractivity contribution in [3.63, 3.8) is 0 Å². The molecule has 13 heteroatoms. The van der Waals surface area contributed by atoms with E-state index in [2.05, 4.69) is 20.7 Å². The number of carbonyl (C=O) groups excluding carboxylic acids is 2. The monoisotopic (exact) mass is 587 g/mol. The van der Waals surface area contributed by atoms with Crippen LogP contribution < -0.4 is 16.5 Å². The van der Waals surface area contributed by atoms with Gasteiger partial charge in [0.2, 0.25) is 0 Å². The Labute approximate surface area is 245 Å². The number of ether oxygens (including phenoxy) is 4. The smallest absolute Gasteiger partial charge is 0.407 e. The minimum Gasteiger partial charge on any atom is -0.478 e. The number of rotatable bonds is 18. The molecule has 2 aromatic rings. The molecule has 0 bridgehead atoms. The molecule has 0 saturated carbocycles. The summed E-state index contributed by atoms with van der Waals surface area (Å²) in [6.07, 6.45) is 2.31. The number of benzene rings is 1. The van der Waals surface area contributed by atoms with Gasteiger partial charge in [-0.05, 0) is 57.9 Å². The lowest BCUT2D eigenvalue weighted by molar-refractivity contribution is 0.0136. The van der Waals surface area contributed by atoms with E-state index >= 15 is 0 Å². The molecule has 42 heavy (non-hydrogen) atoms. The van der Waals surface area contributed by atoms with E-state index in [9.17, 15) is 14.4 Å². The van der Waals surface area contributed by atoms with E-state index in [0.29, 0.717) is 88.1 Å². The van der Waals surface area contributed by atoms with Crippen LogP contribution in [0.25, 0.3) is 0 Å². The minimum absolute atomic E-state index is 0.148. The lowest BCUT2D eigenvalue weighted by Crippen LogP contribution is -2.33. The predicted octanol–water partition coefficient (Wildman–Crippen LogP) is 2.58. The predicted molar refractivity (Wildman–Crippen MR) is 156 cm³/mol. The third kappa shape index (κ3) is 13.5. The second kappa shape index (κ2) is 18.4. The maximum atomic E-state index is 12.4. The SMILES string of the molecule is CC(C)(C)OC(=O)NCCCOCCOCCOCCCNC(=O)c1ccc(C(=NN)c2ccc(C(=O)O)cc2)nc1. The summed E-state index contributed by atoms with van der Waals surface area (Å²) in [5.74, 6) is 4.24. The number of hydrogen-bond donors (Lipinski definition) is 4. The second-order valence-corrected chi connectivity index (χ2v) is 10.0. The van der Waals surface area contributed by atoms with E-state index in [1.807, 2.05) is 20.8 Å². The number of carboxylic acids is 1. The number of alkyl carbamates (subject to hydrolysis) is 1. The fraction of sp³-hybridized carbons (Fsp3) is 0.483. The van der Waals surface area contributed by atoms with Crippen LogP contribution >= 0.6 is 0 Å². The molecule has 2 amide bonds. The standard InChI is InChI=1S/C29H41N5O8/c1-29(2,3)42-28(38)32-13-5-15-40-17-19-41-18-16-39-14-4-12-31-26(35)23-10-11-24(33-20-23)25(34-30)21-6-8-22(9-7-21)27(36)37/h6-11,20H,4-5,12-19,30H2,1-3H3,(H,31,35)(H,32,38)(H,36,37). The van der Waals surface area contributed by atoms with Crippen LogP contribution in [-0.4, -0.2) is 92.1 Å². The number of aromatic carboxylic acids is 1. The van der Waals surface area contributed by atoms with Gasteiger partial charge in [-0.3, -0.25) is 9.78 Å². The molecule has 0 aliphatic carbocycles. The fourth-order valence-electron chi connectivity index (χ4n) is 3.43. The van der Waals surface area contributed by atoms with Crippen molar-refractivity contribution >= 4 is 23.7 Å². The number of nitrogens with two attached hydrogens (primary N) is 1. The molecule has 2 rings (SSSR count). The molecular formula is C29H41N5O8. The summed E-state index contributed by atoms with van der Waals surface area (Å²) in [6.45, 7) is 9.10. The lowest BCUT2D eigenvalue weighted by Gasteiger charge is -2.19. The number of nitrogens with one attached hydrogen (secondary N) is 2. The summed E-state index contributed by atoms with van der Waals surface area (Å²) in [5, 5.41) is 18.3. The Kier molecular flexibility index (Phi) is 14.9. The van der Waals surface area contributed by atoms with Crippen LogP contribution in [0.4, 0.5) is 4.79 Å². The van der Waals surface area contributed by atoms with Gasteiger partial charge in [0.25, 0.3) is 5.91 Å². The summed E-state index contributed by atoms with van der Waals surface area (Å²) in [6, 6.07) is 9.35. The van der Waals surface area contributed by atoms with Crippen molar-refractivity contribution in [1.82, 2.24) is 15.6 Å². The maximum Gasteiger partial charge on any atom is 0.407 e. The molecule has 0 atom stereocenters. The second-order valence-electron chi connectivity index (χ2n) is 10.0. The average molecular weight is 588 g/mol. The van der Waals surface area contributed by atoms with Gasteiger partial charge in [0.1, 0.15) is 11.3 Å². The van der Waals surface area contributed by atoms with Gasteiger partial charge in [-0.25, -0.2) is 9.59 Å². The van der Waals surface area contributed by atoms with Crippen molar-refractivity contribution in [2.24, 2.45) is 10.9 Å². The number of amides is 2. The van der Waals surface area contributed by atoms with Gasteiger partial charge in [0.15, 0.2) is 0 Å². The first-order valence-electron chi connectivity index (χ1n) is 13.7. The summed E-state index contributed by atoms with van der Waals surface area (Å²) in [4.78, 5) is 39.3. The molecule has 230 valence electrons. The van der Waals surface area contributed by atoms with Crippen molar-refractivity contribution in [3.05, 3.63) is 65.0 Å². The van der Waals surface area contributed by atoms with Crippen LogP contribution in [0.2, 0.25) is 0 Å². The first kappa shape index (κ1) is 34.1. The first-order chi connectivity index (χ1) is 20.1. The van der Waals surface area contributed by atoms with Gasteiger partial charge < -0.3 is 40.5 Å². The molecule has 0 saturated heterocycles. The molecule has 0 radical (unpaired) electrons. The summed E-state index contributed by atoms with van der Waals surface area (Å²) in [7, 11) is 0. The number of hydrazone groups is 1. The first-order valence-corrected chi connectivity index (χ1v) is 13.7. The highest BCUT2D eigenvalue weighted by atomic mass is 16.6. The average Bonchev–Trinajstić information content (AvgIpc) is 2.95. The number of carbonyl (C=O) groups is 3. The van der Waals surface area contributed by atoms with Gasteiger partial charge >= 0.3 is 12.1 Å². The molecule has 13 nitrogen and oxygen atoms in total. The van der Waals surface area contributed by atoms with Gasteiger partial charge in [0.05, 0.1) is 43.2 Å². The van der Waals surface area contributed by atoms with Crippen molar-refractivity contribution in [2.45, 2.75) is 39.2 Å². The van der Waals surface area contributed by atoms with Crippen LogP contribution in [0.1, 0.15) is 65.6 Å². The summed E-state index contributed by atoms with van der Waals surface area (Å²) >= 11 is 0. The zero-order chi connectivity index (χ0) is 30.8. The van der Waals surface area contributed by atoms with E-state index in [1.165, 1.54) is 18.3 Å². The van der Waals surface area contributed by atoms with E-state index in [-0.39, 0.29) is 11.5 Å². The van der Waals surface area contributed by atoms with Crippen LogP contribution in [0.3, 0.4) is 0 Å². The Balaban J connectivity index is 1.50. The van der Waals surface area contributed by atoms with E-state index < -0.39 is 17.7 Å². The highest BCUT2D eigenvalue weighted by molar-refractivity contribution is 6.12. The third-order valence-electron chi connectivity index (χ3n) is 5.43. The van der Waals surface area contributed by atoms with Crippen molar-refractivity contribution in [3.8, 4) is 0 Å². The molecule has 1 heterocycles. The number of carboxylic acid groups (broad SMARTS) is 1. The Morgan fingerprint density at radius 3 is 1.83 bits per heavy atom. The van der Waals surface area contributed by atoms with Gasteiger partial charge in [0, 0.05) is 38.1 Å². The van der Waals surface area contributed by atoms with Crippen molar-refractivity contribution in [2.75, 3.05) is 52.7 Å². The van der Waals surface area contributed by atoms with E-state index in [4.69, 9.17) is 29.9 Å². The maximum absolute atomic E-state index is 12.4. The van der Waals surface area contributed by atoms with E-state index in [1.54, 1.807) is 24.3 Å². The molecule has 0 aliphatic heterocycles.